The molecule has 0 aromatic carbocycles. The second-order valence-corrected chi connectivity index (χ2v) is 5.82. The minimum atomic E-state index is -0.363. The first-order valence-electron chi connectivity index (χ1n) is 7.52. The first-order chi connectivity index (χ1) is 9.79. The molecule has 0 atom stereocenters. The van der Waals surface area contributed by atoms with Crippen LogP contribution in [0.2, 0.25) is 0 Å². The largest absolute Gasteiger partial charge is 0.464 e. The molecule has 6 nitrogen and oxygen atoms in total. The van der Waals surface area contributed by atoms with Crippen LogP contribution in [0.4, 0.5) is 0 Å². The first kappa shape index (κ1) is 13.5. The normalized spacial score (nSPS) is 20.6. The van der Waals surface area contributed by atoms with E-state index in [1.54, 1.807) is 0 Å². The van der Waals surface area contributed by atoms with Crippen LogP contribution in [0, 0.1) is 5.92 Å². The van der Waals surface area contributed by atoms with E-state index >= 15 is 0 Å². The Morgan fingerprint density at radius 2 is 2.10 bits per heavy atom. The lowest BCUT2D eigenvalue weighted by atomic mass is 9.85. The number of piperidine rings is 1. The van der Waals surface area contributed by atoms with E-state index < -0.39 is 0 Å². The fourth-order valence-electron chi connectivity index (χ4n) is 3.12. The van der Waals surface area contributed by atoms with Gasteiger partial charge in [-0.05, 0) is 44.7 Å². The number of carbonyl (C=O) groups excluding carboxylic acids is 1. The summed E-state index contributed by atoms with van der Waals surface area (Å²) in [6, 6.07) is 0. The van der Waals surface area contributed by atoms with Crippen molar-refractivity contribution in [3.05, 3.63) is 11.4 Å². The van der Waals surface area contributed by atoms with Crippen LogP contribution in [0.1, 0.15) is 54.2 Å². The number of esters is 1. The van der Waals surface area contributed by atoms with E-state index in [2.05, 4.69) is 15.6 Å². The molecule has 6 heteroatoms. The SMILES string of the molecule is COC(=O)c1nnn(CC2CCC2)c1C1CCNCC1. The highest BCUT2D eigenvalue weighted by atomic mass is 16.5. The predicted octanol–water partition coefficient (Wildman–Crippen LogP) is 1.33. The number of methoxy groups -OCH3 is 1. The van der Waals surface area contributed by atoms with Gasteiger partial charge in [-0.3, -0.25) is 0 Å². The molecule has 1 aromatic heterocycles. The van der Waals surface area contributed by atoms with Crippen molar-refractivity contribution in [2.75, 3.05) is 20.2 Å². The molecular formula is C14H22N4O2. The third-order valence-electron chi connectivity index (χ3n) is 4.53. The Morgan fingerprint density at radius 1 is 1.35 bits per heavy atom. The molecule has 0 bridgehead atoms. The molecule has 0 radical (unpaired) electrons. The maximum Gasteiger partial charge on any atom is 0.360 e. The summed E-state index contributed by atoms with van der Waals surface area (Å²) in [7, 11) is 1.40. The van der Waals surface area contributed by atoms with Crippen LogP contribution in [0.15, 0.2) is 0 Å². The Balaban J connectivity index is 1.87. The number of carbonyl (C=O) groups is 1. The standard InChI is InChI=1S/C14H22N4O2/c1-20-14(19)12-13(11-5-7-15-8-6-11)18(17-16-12)9-10-3-2-4-10/h10-11,15H,2-9H2,1H3. The summed E-state index contributed by atoms with van der Waals surface area (Å²) in [5.41, 5.74) is 1.41. The van der Waals surface area contributed by atoms with E-state index in [0.29, 0.717) is 17.5 Å². The molecular weight excluding hydrogens is 256 g/mol. The average Bonchev–Trinajstić information content (AvgIpc) is 2.86. The summed E-state index contributed by atoms with van der Waals surface area (Å²) < 4.78 is 6.82. The second-order valence-electron chi connectivity index (χ2n) is 5.82. The highest BCUT2D eigenvalue weighted by Gasteiger charge is 2.30. The number of hydrogen-bond acceptors (Lipinski definition) is 5. The molecule has 0 spiro atoms. The molecule has 110 valence electrons. The summed E-state index contributed by atoms with van der Waals surface area (Å²) in [4.78, 5) is 11.9. The lowest BCUT2D eigenvalue weighted by Gasteiger charge is -2.28. The zero-order valence-electron chi connectivity index (χ0n) is 12.0. The van der Waals surface area contributed by atoms with Gasteiger partial charge in [0.2, 0.25) is 0 Å². The summed E-state index contributed by atoms with van der Waals surface area (Å²) >= 11 is 0. The van der Waals surface area contributed by atoms with Crippen molar-refractivity contribution in [1.82, 2.24) is 20.3 Å². The minimum absolute atomic E-state index is 0.362. The lowest BCUT2D eigenvalue weighted by Crippen LogP contribution is -2.30. The van der Waals surface area contributed by atoms with Crippen molar-refractivity contribution in [1.29, 1.82) is 0 Å². The smallest absolute Gasteiger partial charge is 0.360 e. The van der Waals surface area contributed by atoms with E-state index in [-0.39, 0.29) is 5.97 Å². The van der Waals surface area contributed by atoms with Gasteiger partial charge in [-0.25, -0.2) is 9.48 Å². The average molecular weight is 278 g/mol. The van der Waals surface area contributed by atoms with E-state index in [9.17, 15) is 4.79 Å². The zero-order chi connectivity index (χ0) is 13.9. The molecule has 3 rings (SSSR count). The number of aromatic nitrogens is 3. The Labute approximate surface area is 118 Å². The Kier molecular flexibility index (Phi) is 4.00. The molecule has 1 saturated heterocycles. The molecule has 2 fully saturated rings. The predicted molar refractivity (Wildman–Crippen MR) is 73.5 cm³/mol. The van der Waals surface area contributed by atoms with Crippen LogP contribution in [0.25, 0.3) is 0 Å². The van der Waals surface area contributed by atoms with Gasteiger partial charge in [0, 0.05) is 12.5 Å². The molecule has 0 unspecified atom stereocenters. The van der Waals surface area contributed by atoms with Crippen LogP contribution in [-0.2, 0) is 11.3 Å². The van der Waals surface area contributed by atoms with Crippen LogP contribution >= 0.6 is 0 Å². The van der Waals surface area contributed by atoms with Crippen molar-refractivity contribution < 1.29 is 9.53 Å². The van der Waals surface area contributed by atoms with Gasteiger partial charge in [-0.2, -0.15) is 0 Å². The number of nitrogens with one attached hydrogen (secondary N) is 1. The van der Waals surface area contributed by atoms with Crippen molar-refractivity contribution >= 4 is 5.97 Å². The fourth-order valence-corrected chi connectivity index (χ4v) is 3.12. The lowest BCUT2D eigenvalue weighted by molar-refractivity contribution is 0.0591. The number of hydrogen-bond donors (Lipinski definition) is 1. The molecule has 20 heavy (non-hydrogen) atoms. The molecule has 0 amide bonds. The topological polar surface area (TPSA) is 69.0 Å². The van der Waals surface area contributed by atoms with Crippen molar-refractivity contribution in [2.24, 2.45) is 5.92 Å². The summed E-state index contributed by atoms with van der Waals surface area (Å²) in [6.45, 7) is 2.86. The molecule has 1 saturated carbocycles. The summed E-state index contributed by atoms with van der Waals surface area (Å²) in [5, 5.41) is 11.7. The van der Waals surface area contributed by atoms with Crippen LogP contribution < -0.4 is 5.32 Å². The van der Waals surface area contributed by atoms with Crippen molar-refractivity contribution in [3.8, 4) is 0 Å². The van der Waals surface area contributed by atoms with Gasteiger partial charge in [0.15, 0.2) is 5.69 Å². The number of rotatable bonds is 4. The summed E-state index contributed by atoms with van der Waals surface area (Å²) in [6.07, 6.45) is 5.90. The second kappa shape index (κ2) is 5.91. The molecule has 1 aliphatic heterocycles. The maximum absolute atomic E-state index is 11.9. The molecule has 1 aromatic rings. The maximum atomic E-state index is 11.9. The number of ether oxygens (including phenoxy) is 1. The van der Waals surface area contributed by atoms with E-state index in [1.807, 2.05) is 4.68 Å². The quantitative estimate of drug-likeness (QED) is 0.842. The van der Waals surface area contributed by atoms with E-state index in [1.165, 1.54) is 26.4 Å². The molecule has 1 aliphatic carbocycles. The Hall–Kier alpha value is -1.43. The summed E-state index contributed by atoms with van der Waals surface area (Å²) in [5.74, 6) is 0.696. The highest BCUT2D eigenvalue weighted by Crippen LogP contribution is 2.32. The highest BCUT2D eigenvalue weighted by molar-refractivity contribution is 5.88. The van der Waals surface area contributed by atoms with Crippen LogP contribution in [0.5, 0.6) is 0 Å². The third-order valence-corrected chi connectivity index (χ3v) is 4.53. The van der Waals surface area contributed by atoms with Gasteiger partial charge in [0.1, 0.15) is 0 Å². The van der Waals surface area contributed by atoms with Crippen molar-refractivity contribution in [3.63, 3.8) is 0 Å². The monoisotopic (exact) mass is 278 g/mol. The van der Waals surface area contributed by atoms with Gasteiger partial charge in [0.25, 0.3) is 0 Å². The Bertz CT molecular complexity index is 476. The number of nitrogens with zero attached hydrogens (tertiary/aromatic N) is 3. The Morgan fingerprint density at radius 3 is 2.70 bits per heavy atom. The van der Waals surface area contributed by atoms with Crippen LogP contribution in [-0.4, -0.2) is 41.2 Å². The van der Waals surface area contributed by atoms with Crippen LogP contribution in [0.3, 0.4) is 0 Å². The van der Waals surface area contributed by atoms with Gasteiger partial charge in [-0.15, -0.1) is 5.10 Å². The molecule has 2 heterocycles. The van der Waals surface area contributed by atoms with E-state index in [4.69, 9.17) is 4.74 Å². The molecule has 1 N–H and O–H groups in total. The van der Waals surface area contributed by atoms with Gasteiger partial charge >= 0.3 is 5.97 Å². The van der Waals surface area contributed by atoms with E-state index in [0.717, 1.165) is 38.2 Å². The third kappa shape index (κ3) is 2.57. The van der Waals surface area contributed by atoms with Gasteiger partial charge in [-0.1, -0.05) is 11.6 Å². The molecule has 2 aliphatic rings. The minimum Gasteiger partial charge on any atom is -0.464 e. The zero-order valence-corrected chi connectivity index (χ0v) is 12.0. The fraction of sp³-hybridized carbons (Fsp3) is 0.786. The van der Waals surface area contributed by atoms with Crippen molar-refractivity contribution in [2.45, 2.75) is 44.6 Å². The first-order valence-corrected chi connectivity index (χ1v) is 7.52. The van der Waals surface area contributed by atoms with Gasteiger partial charge < -0.3 is 10.1 Å². The van der Waals surface area contributed by atoms with Gasteiger partial charge in [0.05, 0.1) is 12.8 Å².